The number of methoxy groups -OCH3 is 1. The van der Waals surface area contributed by atoms with Crippen LogP contribution in [0.3, 0.4) is 0 Å². The van der Waals surface area contributed by atoms with Crippen LogP contribution in [0.1, 0.15) is 0 Å². The van der Waals surface area contributed by atoms with E-state index in [0.29, 0.717) is 17.1 Å². The van der Waals surface area contributed by atoms with Crippen molar-refractivity contribution < 1.29 is 14.6 Å². The maximum Gasteiger partial charge on any atom is 0.253 e. The highest BCUT2D eigenvalue weighted by atomic mass is 16.5. The summed E-state index contributed by atoms with van der Waals surface area (Å²) in [6.45, 7) is 3.03. The molecule has 0 saturated carbocycles. The summed E-state index contributed by atoms with van der Waals surface area (Å²) in [7, 11) is 1.51. The van der Waals surface area contributed by atoms with Gasteiger partial charge >= 0.3 is 0 Å². The Labute approximate surface area is 93.5 Å². The van der Waals surface area contributed by atoms with Crippen LogP contribution in [0, 0.1) is 0 Å². The predicted octanol–water partition coefficient (Wildman–Crippen LogP) is 0.764. The van der Waals surface area contributed by atoms with E-state index in [1.165, 1.54) is 7.11 Å². The van der Waals surface area contributed by atoms with E-state index in [0.717, 1.165) is 0 Å². The number of rotatable bonds is 4. The van der Waals surface area contributed by atoms with E-state index in [1.54, 1.807) is 18.2 Å². The van der Waals surface area contributed by atoms with Crippen molar-refractivity contribution in [3.05, 3.63) is 30.4 Å². The number of aliphatic hydroxyl groups is 1. The number of aliphatic hydroxyl groups excluding tert-OH is 1. The normalized spacial score (nSPS) is 9.62. The Morgan fingerprint density at radius 1 is 1.62 bits per heavy atom. The van der Waals surface area contributed by atoms with Crippen molar-refractivity contribution in [3.8, 4) is 5.75 Å². The van der Waals surface area contributed by atoms with Gasteiger partial charge in [0.05, 0.1) is 19.4 Å². The number of amides is 1. The van der Waals surface area contributed by atoms with Gasteiger partial charge in [0.15, 0.2) is 0 Å². The van der Waals surface area contributed by atoms with Crippen molar-refractivity contribution in [3.63, 3.8) is 0 Å². The molecule has 5 nitrogen and oxygen atoms in total. The third-order valence-electron chi connectivity index (χ3n) is 2.00. The fourth-order valence-electron chi connectivity index (χ4n) is 1.10. The summed E-state index contributed by atoms with van der Waals surface area (Å²) in [6, 6.07) is 4.87. The predicted molar refractivity (Wildman–Crippen MR) is 62.3 cm³/mol. The van der Waals surface area contributed by atoms with Crippen LogP contribution in [-0.4, -0.2) is 24.7 Å². The molecule has 0 radical (unpaired) electrons. The fraction of sp³-hybridized carbons (Fsp3) is 0.182. The van der Waals surface area contributed by atoms with Crippen molar-refractivity contribution in [2.45, 2.75) is 0 Å². The summed E-state index contributed by atoms with van der Waals surface area (Å²) in [5, 5.41) is 11.3. The molecule has 1 rings (SSSR count). The van der Waals surface area contributed by atoms with Gasteiger partial charge in [-0.05, 0) is 18.2 Å². The third kappa shape index (κ3) is 2.74. The van der Waals surface area contributed by atoms with E-state index < -0.39 is 5.91 Å². The Morgan fingerprint density at radius 3 is 2.81 bits per heavy atom. The van der Waals surface area contributed by atoms with Gasteiger partial charge in [-0.25, -0.2) is 0 Å². The molecule has 1 aromatic rings. The number of nitrogen functional groups attached to an aromatic ring is 1. The van der Waals surface area contributed by atoms with E-state index in [4.69, 9.17) is 15.6 Å². The Bertz CT molecular complexity index is 416. The van der Waals surface area contributed by atoms with Crippen LogP contribution in [0.2, 0.25) is 0 Å². The third-order valence-corrected chi connectivity index (χ3v) is 2.00. The van der Waals surface area contributed by atoms with E-state index in [-0.39, 0.29) is 12.2 Å². The minimum absolute atomic E-state index is 0.0920. The monoisotopic (exact) mass is 222 g/mol. The van der Waals surface area contributed by atoms with Crippen molar-refractivity contribution >= 4 is 17.3 Å². The number of anilines is 2. The van der Waals surface area contributed by atoms with Gasteiger partial charge in [-0.2, -0.15) is 0 Å². The van der Waals surface area contributed by atoms with Crippen molar-refractivity contribution in [1.29, 1.82) is 0 Å². The van der Waals surface area contributed by atoms with Crippen LogP contribution in [0.25, 0.3) is 0 Å². The van der Waals surface area contributed by atoms with Crippen LogP contribution < -0.4 is 15.8 Å². The minimum Gasteiger partial charge on any atom is -0.495 e. The number of ether oxygens (including phenoxy) is 1. The number of nitrogens with one attached hydrogen (secondary N) is 1. The maximum atomic E-state index is 11.4. The van der Waals surface area contributed by atoms with Gasteiger partial charge in [0.1, 0.15) is 5.75 Å². The number of carbonyl (C=O) groups excluding carboxylic acids is 1. The zero-order chi connectivity index (χ0) is 12.1. The van der Waals surface area contributed by atoms with Gasteiger partial charge in [-0.1, -0.05) is 6.58 Å². The summed E-state index contributed by atoms with van der Waals surface area (Å²) in [5.41, 5.74) is 6.71. The molecule has 16 heavy (non-hydrogen) atoms. The van der Waals surface area contributed by atoms with Gasteiger partial charge in [0.2, 0.25) is 0 Å². The first-order chi connectivity index (χ1) is 7.58. The quantitative estimate of drug-likeness (QED) is 0.518. The molecular formula is C11H14N2O3. The zero-order valence-corrected chi connectivity index (χ0v) is 8.99. The molecule has 0 aromatic heterocycles. The Morgan fingerprint density at radius 2 is 2.31 bits per heavy atom. The Kier molecular flexibility index (Phi) is 3.90. The van der Waals surface area contributed by atoms with Crippen LogP contribution in [0.15, 0.2) is 30.4 Å². The lowest BCUT2D eigenvalue weighted by molar-refractivity contribution is -0.113. The number of benzene rings is 1. The van der Waals surface area contributed by atoms with Gasteiger partial charge in [-0.3, -0.25) is 4.79 Å². The number of hydrogen-bond acceptors (Lipinski definition) is 4. The van der Waals surface area contributed by atoms with Crippen molar-refractivity contribution in [2.24, 2.45) is 0 Å². The zero-order valence-electron chi connectivity index (χ0n) is 8.99. The molecule has 5 heteroatoms. The number of carbonyl (C=O) groups is 1. The van der Waals surface area contributed by atoms with E-state index >= 15 is 0 Å². The minimum atomic E-state index is -0.438. The molecule has 0 saturated heterocycles. The smallest absolute Gasteiger partial charge is 0.253 e. The van der Waals surface area contributed by atoms with E-state index in [9.17, 15) is 4.79 Å². The second-order valence-electron chi connectivity index (χ2n) is 3.17. The first-order valence-corrected chi connectivity index (χ1v) is 4.62. The van der Waals surface area contributed by atoms with Gasteiger partial charge in [0.25, 0.3) is 5.91 Å². The van der Waals surface area contributed by atoms with Crippen molar-refractivity contribution in [2.75, 3.05) is 24.8 Å². The number of nitrogens with two attached hydrogens (primary N) is 1. The maximum absolute atomic E-state index is 11.4. The molecule has 0 atom stereocenters. The molecule has 0 heterocycles. The van der Waals surface area contributed by atoms with Crippen molar-refractivity contribution in [1.82, 2.24) is 0 Å². The molecule has 1 aromatic carbocycles. The molecule has 0 unspecified atom stereocenters. The van der Waals surface area contributed by atoms with E-state index in [2.05, 4.69) is 11.9 Å². The highest BCUT2D eigenvalue weighted by Crippen LogP contribution is 2.24. The first kappa shape index (κ1) is 12.1. The number of hydrogen-bond donors (Lipinski definition) is 3. The molecule has 0 bridgehead atoms. The summed E-state index contributed by atoms with van der Waals surface area (Å²) in [4.78, 5) is 11.4. The molecule has 0 spiro atoms. The van der Waals surface area contributed by atoms with Crippen LogP contribution in [-0.2, 0) is 4.79 Å². The molecule has 0 fully saturated rings. The standard InChI is InChI=1S/C11H14N2O3/c1-7(6-14)11(15)13-8-3-4-10(16-2)9(12)5-8/h3-5,14H,1,6,12H2,2H3,(H,13,15). The summed E-state index contributed by atoms with van der Waals surface area (Å²) in [6.07, 6.45) is 0. The molecule has 1 amide bonds. The fourth-order valence-corrected chi connectivity index (χ4v) is 1.10. The SMILES string of the molecule is C=C(CO)C(=O)Nc1ccc(OC)c(N)c1. The van der Waals surface area contributed by atoms with Crippen LogP contribution >= 0.6 is 0 Å². The summed E-state index contributed by atoms with van der Waals surface area (Å²) >= 11 is 0. The molecule has 0 aliphatic carbocycles. The lowest BCUT2D eigenvalue weighted by Gasteiger charge is -2.09. The highest BCUT2D eigenvalue weighted by Gasteiger charge is 2.07. The highest BCUT2D eigenvalue weighted by molar-refractivity contribution is 6.03. The lowest BCUT2D eigenvalue weighted by atomic mass is 10.2. The average Bonchev–Trinajstić information content (AvgIpc) is 2.28. The van der Waals surface area contributed by atoms with Crippen LogP contribution in [0.5, 0.6) is 5.75 Å². The second-order valence-corrected chi connectivity index (χ2v) is 3.17. The summed E-state index contributed by atoms with van der Waals surface area (Å²) < 4.78 is 4.98. The lowest BCUT2D eigenvalue weighted by Crippen LogP contribution is -2.15. The molecule has 86 valence electrons. The summed E-state index contributed by atoms with van der Waals surface area (Å²) in [5.74, 6) is 0.103. The van der Waals surface area contributed by atoms with E-state index in [1.807, 2.05) is 0 Å². The van der Waals surface area contributed by atoms with Gasteiger partial charge < -0.3 is 20.9 Å². The van der Waals surface area contributed by atoms with Gasteiger partial charge in [0, 0.05) is 11.3 Å². The molecule has 4 N–H and O–H groups in total. The molecule has 0 aliphatic rings. The van der Waals surface area contributed by atoms with Crippen LogP contribution in [0.4, 0.5) is 11.4 Å². The topological polar surface area (TPSA) is 84.6 Å². The second kappa shape index (κ2) is 5.18. The first-order valence-electron chi connectivity index (χ1n) is 4.62. The molecular weight excluding hydrogens is 208 g/mol. The van der Waals surface area contributed by atoms with Gasteiger partial charge in [-0.15, -0.1) is 0 Å². The average molecular weight is 222 g/mol. The Hall–Kier alpha value is -2.01. The molecule has 0 aliphatic heterocycles. The Balaban J connectivity index is 2.79. The largest absolute Gasteiger partial charge is 0.495 e.